The highest BCUT2D eigenvalue weighted by Crippen LogP contribution is 2.57. The first kappa shape index (κ1) is 34.5. The monoisotopic (exact) mass is 720 g/mol. The molecule has 4 fully saturated rings. The second-order valence-electron chi connectivity index (χ2n) is 16.6. The van der Waals surface area contributed by atoms with Crippen LogP contribution in [-0.2, 0) is 42.1 Å². The quantitative estimate of drug-likeness (QED) is 0.232. The van der Waals surface area contributed by atoms with Crippen molar-refractivity contribution in [2.24, 2.45) is 29.6 Å². The van der Waals surface area contributed by atoms with Crippen LogP contribution in [0, 0.1) is 29.6 Å². The third-order valence-electron chi connectivity index (χ3n) is 14.5. The Kier molecular flexibility index (Phi) is 8.22. The van der Waals surface area contributed by atoms with Gasteiger partial charge in [0, 0.05) is 75.8 Å². The minimum absolute atomic E-state index is 0.0211. The molecule has 6 heterocycles. The van der Waals surface area contributed by atoms with Crippen LogP contribution in [0.4, 0.5) is 0 Å². The molecule has 10 rings (SSSR count). The van der Waals surface area contributed by atoms with E-state index in [0.717, 1.165) is 77.6 Å². The van der Waals surface area contributed by atoms with E-state index in [2.05, 4.69) is 72.2 Å². The van der Waals surface area contributed by atoms with Crippen molar-refractivity contribution in [1.82, 2.24) is 19.8 Å². The third-order valence-corrected chi connectivity index (χ3v) is 14.5. The number of H-pyrrole nitrogens is 2. The SMILES string of the molecule is CC[C@H]1CN(C)[C@H]2Cc3c([nH]c4ccccc34)[C@H](c3cc4c5c([nH]c4cc3OC)C3(C(=O)OC)CC4C[C@H](CC)[C@@H]3N(CC5)C4=O)C[C@@H]1C2C(=O)OC. The van der Waals surface area contributed by atoms with Crippen LogP contribution in [0.1, 0.15) is 79.9 Å². The topological polar surface area (TPSA) is 117 Å². The van der Waals surface area contributed by atoms with E-state index in [0.29, 0.717) is 25.3 Å². The Bertz CT molecular complexity index is 2140. The summed E-state index contributed by atoms with van der Waals surface area (Å²) in [6.45, 7) is 5.91. The van der Waals surface area contributed by atoms with Crippen LogP contribution >= 0.6 is 0 Å². The maximum atomic E-state index is 14.2. The molecular weight excluding hydrogens is 668 g/mol. The molecule has 0 radical (unpaired) electrons. The summed E-state index contributed by atoms with van der Waals surface area (Å²) in [7, 11) is 6.90. The van der Waals surface area contributed by atoms with Crippen molar-refractivity contribution in [3.8, 4) is 5.75 Å². The smallest absolute Gasteiger partial charge is 0.319 e. The number of likely N-dealkylation sites (tertiary alicyclic amines) is 1. The van der Waals surface area contributed by atoms with Gasteiger partial charge < -0.3 is 34.0 Å². The number of aromatic amines is 2. The first-order valence-electron chi connectivity index (χ1n) is 19.7. The summed E-state index contributed by atoms with van der Waals surface area (Å²) in [5.74, 6) is 0.644. The average molecular weight is 721 g/mol. The Morgan fingerprint density at radius 2 is 1.74 bits per heavy atom. The maximum absolute atomic E-state index is 14.2. The molecule has 4 aromatic rings. The van der Waals surface area contributed by atoms with Crippen molar-refractivity contribution in [1.29, 1.82) is 0 Å². The number of para-hydroxylation sites is 1. The molecule has 6 bridgehead atoms. The standard InChI is InChI=1S/C43H52N4O6/c1-7-22-15-24-20-43(42(50)53-6)38-26(13-14-47(39(22)43)40(24)48)28-17-29(35(51-4)19-33(28)45-38)30-16-27-23(8-2)21-46(3)34(36(27)41(49)52-5)18-31-25-11-9-10-12-32(25)44-37(30)31/h9-12,17,19,22-24,27,30,34,36,39,44-45H,7-8,13-16,18,20-21H2,1-6H3/t22-,23-,24?,27-,30-,34-,36?,39-,43?/m0/s1. The number of esters is 2. The molecule has 1 saturated carbocycles. The third kappa shape index (κ3) is 4.76. The van der Waals surface area contributed by atoms with Gasteiger partial charge in [-0.3, -0.25) is 14.4 Å². The number of likely N-dealkylation sites (N-methyl/N-ethyl adjacent to an activating group) is 1. The summed E-state index contributed by atoms with van der Waals surface area (Å²) < 4.78 is 17.5. The Morgan fingerprint density at radius 1 is 0.943 bits per heavy atom. The van der Waals surface area contributed by atoms with E-state index in [4.69, 9.17) is 14.2 Å². The number of nitrogens with one attached hydrogen (secondary N) is 2. The number of aromatic nitrogens is 2. The lowest BCUT2D eigenvalue weighted by Gasteiger charge is -2.57. The van der Waals surface area contributed by atoms with Crippen LogP contribution in [0.3, 0.4) is 0 Å². The fourth-order valence-corrected chi connectivity index (χ4v) is 12.2. The molecule has 53 heavy (non-hydrogen) atoms. The number of piperidine rings is 3. The first-order chi connectivity index (χ1) is 25.7. The number of benzene rings is 2. The van der Waals surface area contributed by atoms with Gasteiger partial charge >= 0.3 is 11.9 Å². The minimum Gasteiger partial charge on any atom is -0.496 e. The zero-order valence-corrected chi connectivity index (χ0v) is 31.8. The lowest BCUT2D eigenvalue weighted by atomic mass is 9.56. The Hall–Kier alpha value is -4.31. The number of nitrogens with zero attached hydrogens (tertiary/aromatic N) is 2. The number of carbonyl (C=O) groups is 3. The van der Waals surface area contributed by atoms with Gasteiger partial charge in [-0.25, -0.2) is 0 Å². The number of hydrogen-bond acceptors (Lipinski definition) is 7. The van der Waals surface area contributed by atoms with Crippen molar-refractivity contribution in [2.45, 2.75) is 82.2 Å². The molecule has 280 valence electrons. The van der Waals surface area contributed by atoms with E-state index in [9.17, 15) is 14.4 Å². The van der Waals surface area contributed by atoms with Crippen LogP contribution in [-0.4, -0.2) is 91.2 Å². The van der Waals surface area contributed by atoms with E-state index in [1.54, 1.807) is 7.11 Å². The number of rotatable bonds is 6. The summed E-state index contributed by atoms with van der Waals surface area (Å²) in [6.07, 6.45) is 5.28. The fraction of sp³-hybridized carbons (Fsp3) is 0.558. The molecule has 2 N–H and O–H groups in total. The van der Waals surface area contributed by atoms with Crippen molar-refractivity contribution >= 4 is 39.7 Å². The van der Waals surface area contributed by atoms with Gasteiger partial charge in [0.2, 0.25) is 5.91 Å². The molecular formula is C43H52N4O6. The number of carbonyl (C=O) groups excluding carboxylic acids is 3. The van der Waals surface area contributed by atoms with E-state index < -0.39 is 5.41 Å². The molecule has 10 nitrogen and oxygen atoms in total. The zero-order valence-electron chi connectivity index (χ0n) is 31.8. The molecule has 2 aromatic heterocycles. The predicted octanol–water partition coefficient (Wildman–Crippen LogP) is 6.10. The van der Waals surface area contributed by atoms with Gasteiger partial charge in [-0.1, -0.05) is 44.9 Å². The Balaban J connectivity index is 1.27. The first-order valence-corrected chi connectivity index (χ1v) is 19.7. The van der Waals surface area contributed by atoms with Crippen LogP contribution in [0.15, 0.2) is 36.4 Å². The highest BCUT2D eigenvalue weighted by molar-refractivity contribution is 5.96. The second-order valence-corrected chi connectivity index (χ2v) is 16.6. The molecule has 6 aliphatic rings. The van der Waals surface area contributed by atoms with E-state index in [-0.39, 0.29) is 59.5 Å². The molecule has 9 atom stereocenters. The van der Waals surface area contributed by atoms with Crippen molar-refractivity contribution < 1.29 is 28.6 Å². The predicted molar refractivity (Wildman–Crippen MR) is 202 cm³/mol. The molecule has 1 amide bonds. The molecule has 0 spiro atoms. The molecule has 2 aliphatic carbocycles. The van der Waals surface area contributed by atoms with Gasteiger partial charge in [-0.15, -0.1) is 0 Å². The lowest BCUT2D eigenvalue weighted by molar-refractivity contribution is -0.172. The maximum Gasteiger partial charge on any atom is 0.319 e. The number of ether oxygens (including phenoxy) is 3. The highest BCUT2D eigenvalue weighted by atomic mass is 16.5. The molecule has 10 heteroatoms. The highest BCUT2D eigenvalue weighted by Gasteiger charge is 2.65. The molecule has 4 aliphatic heterocycles. The Morgan fingerprint density at radius 3 is 2.47 bits per heavy atom. The Labute approximate surface area is 310 Å². The van der Waals surface area contributed by atoms with Gasteiger partial charge in [0.25, 0.3) is 0 Å². The van der Waals surface area contributed by atoms with Crippen LogP contribution < -0.4 is 4.74 Å². The largest absolute Gasteiger partial charge is 0.496 e. The number of hydrogen-bond donors (Lipinski definition) is 2. The lowest BCUT2D eigenvalue weighted by Crippen LogP contribution is -2.69. The van der Waals surface area contributed by atoms with Crippen LogP contribution in [0.5, 0.6) is 5.75 Å². The summed E-state index contributed by atoms with van der Waals surface area (Å²) in [6, 6.07) is 12.7. The molecule has 2 aromatic carbocycles. The van der Waals surface area contributed by atoms with Crippen molar-refractivity contribution in [3.05, 3.63) is 64.5 Å². The van der Waals surface area contributed by atoms with Gasteiger partial charge in [0.15, 0.2) is 0 Å². The van der Waals surface area contributed by atoms with E-state index in [1.165, 1.54) is 30.9 Å². The molecule has 3 saturated heterocycles. The van der Waals surface area contributed by atoms with Gasteiger partial charge in [-0.05, 0) is 80.2 Å². The summed E-state index contributed by atoms with van der Waals surface area (Å²) in [5, 5.41) is 2.24. The van der Waals surface area contributed by atoms with Gasteiger partial charge in [0.05, 0.1) is 33.3 Å². The number of amides is 1. The van der Waals surface area contributed by atoms with Crippen LogP contribution in [0.2, 0.25) is 0 Å². The average Bonchev–Trinajstić information content (AvgIpc) is 3.69. The van der Waals surface area contributed by atoms with E-state index in [1.807, 2.05) is 4.90 Å². The zero-order chi connectivity index (χ0) is 36.9. The van der Waals surface area contributed by atoms with Crippen molar-refractivity contribution in [3.63, 3.8) is 0 Å². The summed E-state index contributed by atoms with van der Waals surface area (Å²) in [4.78, 5) is 53.9. The fourth-order valence-electron chi connectivity index (χ4n) is 12.2. The molecule has 3 unspecified atom stereocenters. The summed E-state index contributed by atoms with van der Waals surface area (Å²) in [5.41, 5.74) is 6.53. The summed E-state index contributed by atoms with van der Waals surface area (Å²) >= 11 is 0. The normalized spacial score (nSPS) is 32.1. The van der Waals surface area contributed by atoms with Gasteiger partial charge in [-0.2, -0.15) is 0 Å². The van der Waals surface area contributed by atoms with Crippen LogP contribution in [0.25, 0.3) is 21.8 Å². The number of fused-ring (bicyclic) bond motifs is 9. The second kappa shape index (κ2) is 12.6. The van der Waals surface area contributed by atoms with Crippen molar-refractivity contribution in [2.75, 3.05) is 41.5 Å². The van der Waals surface area contributed by atoms with Gasteiger partial charge in [0.1, 0.15) is 11.2 Å². The number of methoxy groups -OCH3 is 3. The van der Waals surface area contributed by atoms with E-state index >= 15 is 0 Å². The minimum atomic E-state index is -0.958.